The smallest absolute Gasteiger partial charge is 0.222 e. The second-order valence-electron chi connectivity index (χ2n) is 5.96. The van der Waals surface area contributed by atoms with E-state index in [9.17, 15) is 4.79 Å². The number of pyridine rings is 1. The standard InChI is InChI=1S/C19H22N2O2/c1-23-18-7-4-15(5-8-18)6-9-19(22)21-12-10-17(14-21)16-3-2-11-20-13-16/h2-5,7-8,11,13,17H,6,9-10,12,14H2,1H3/t17-/m0/s1. The molecule has 4 heteroatoms. The Labute approximate surface area is 137 Å². The number of benzene rings is 1. The molecule has 0 unspecified atom stereocenters. The highest BCUT2D eigenvalue weighted by Crippen LogP contribution is 2.27. The Balaban J connectivity index is 1.51. The molecule has 1 amide bonds. The van der Waals surface area contributed by atoms with Gasteiger partial charge in [0.15, 0.2) is 0 Å². The lowest BCUT2D eigenvalue weighted by Gasteiger charge is -2.16. The summed E-state index contributed by atoms with van der Waals surface area (Å²) in [5, 5.41) is 0. The number of likely N-dealkylation sites (tertiary alicyclic amines) is 1. The van der Waals surface area contributed by atoms with Crippen LogP contribution >= 0.6 is 0 Å². The van der Waals surface area contributed by atoms with Crippen LogP contribution < -0.4 is 4.74 Å². The minimum Gasteiger partial charge on any atom is -0.497 e. The lowest BCUT2D eigenvalue weighted by molar-refractivity contribution is -0.130. The first kappa shape index (κ1) is 15.5. The molecule has 2 aromatic rings. The molecule has 0 bridgehead atoms. The number of aromatic nitrogens is 1. The van der Waals surface area contributed by atoms with Crippen LogP contribution in [0, 0.1) is 0 Å². The molecule has 0 aliphatic carbocycles. The lowest BCUT2D eigenvalue weighted by Crippen LogP contribution is -2.28. The van der Waals surface area contributed by atoms with Crippen molar-refractivity contribution in [3.63, 3.8) is 0 Å². The van der Waals surface area contributed by atoms with Crippen LogP contribution in [-0.2, 0) is 11.2 Å². The molecule has 0 N–H and O–H groups in total. The van der Waals surface area contributed by atoms with E-state index in [1.54, 1.807) is 13.3 Å². The van der Waals surface area contributed by atoms with Gasteiger partial charge in [-0.15, -0.1) is 0 Å². The molecule has 1 aromatic heterocycles. The maximum atomic E-state index is 12.4. The van der Waals surface area contributed by atoms with Crippen molar-refractivity contribution in [3.8, 4) is 5.75 Å². The number of aryl methyl sites for hydroxylation is 1. The Morgan fingerprint density at radius 3 is 2.83 bits per heavy atom. The van der Waals surface area contributed by atoms with Crippen LogP contribution in [0.25, 0.3) is 0 Å². The summed E-state index contributed by atoms with van der Waals surface area (Å²) in [6.45, 7) is 1.66. The van der Waals surface area contributed by atoms with Crippen molar-refractivity contribution in [1.82, 2.24) is 9.88 Å². The molecule has 1 aliphatic rings. The van der Waals surface area contributed by atoms with Gasteiger partial charge in [0.2, 0.25) is 5.91 Å². The molecule has 1 atom stereocenters. The largest absolute Gasteiger partial charge is 0.497 e. The number of hydrogen-bond donors (Lipinski definition) is 0. The average molecular weight is 310 g/mol. The van der Waals surface area contributed by atoms with Crippen LogP contribution in [0.2, 0.25) is 0 Å². The van der Waals surface area contributed by atoms with Gasteiger partial charge in [0.25, 0.3) is 0 Å². The second kappa shape index (κ2) is 7.27. The SMILES string of the molecule is COc1ccc(CCC(=O)N2CC[C@H](c3cccnc3)C2)cc1. The maximum Gasteiger partial charge on any atom is 0.222 e. The highest BCUT2D eigenvalue weighted by atomic mass is 16.5. The van der Waals surface area contributed by atoms with Gasteiger partial charge in [-0.25, -0.2) is 0 Å². The van der Waals surface area contributed by atoms with Gasteiger partial charge in [-0.1, -0.05) is 18.2 Å². The maximum absolute atomic E-state index is 12.4. The second-order valence-corrected chi connectivity index (χ2v) is 5.96. The zero-order chi connectivity index (χ0) is 16.1. The number of ether oxygens (including phenoxy) is 1. The summed E-state index contributed by atoms with van der Waals surface area (Å²) in [5.74, 6) is 1.51. The minimum absolute atomic E-state index is 0.243. The quantitative estimate of drug-likeness (QED) is 0.852. The first-order chi connectivity index (χ1) is 11.3. The summed E-state index contributed by atoms with van der Waals surface area (Å²) >= 11 is 0. The monoisotopic (exact) mass is 310 g/mol. The molecule has 0 spiro atoms. The van der Waals surface area contributed by atoms with Crippen molar-refractivity contribution in [3.05, 3.63) is 59.9 Å². The first-order valence-corrected chi connectivity index (χ1v) is 8.07. The summed E-state index contributed by atoms with van der Waals surface area (Å²) in [6, 6.07) is 12.0. The number of carbonyl (C=O) groups is 1. The van der Waals surface area contributed by atoms with E-state index in [0.717, 1.165) is 31.7 Å². The van der Waals surface area contributed by atoms with Crippen molar-refractivity contribution in [2.24, 2.45) is 0 Å². The molecule has 1 aliphatic heterocycles. The van der Waals surface area contributed by atoms with Crippen LogP contribution in [0.3, 0.4) is 0 Å². The van der Waals surface area contributed by atoms with Gasteiger partial charge in [0.1, 0.15) is 5.75 Å². The normalized spacial score (nSPS) is 17.3. The van der Waals surface area contributed by atoms with Gasteiger partial charge in [-0.2, -0.15) is 0 Å². The molecule has 1 fully saturated rings. The van der Waals surface area contributed by atoms with Gasteiger partial charge in [-0.05, 0) is 42.2 Å². The van der Waals surface area contributed by atoms with Crippen molar-refractivity contribution in [2.75, 3.05) is 20.2 Å². The van der Waals surface area contributed by atoms with E-state index in [1.165, 1.54) is 11.1 Å². The summed E-state index contributed by atoms with van der Waals surface area (Å²) in [5.41, 5.74) is 2.40. The summed E-state index contributed by atoms with van der Waals surface area (Å²) in [7, 11) is 1.66. The third kappa shape index (κ3) is 3.89. The summed E-state index contributed by atoms with van der Waals surface area (Å²) in [4.78, 5) is 18.6. The number of methoxy groups -OCH3 is 1. The molecule has 0 radical (unpaired) electrons. The molecule has 3 rings (SSSR count). The number of rotatable bonds is 5. The predicted molar refractivity (Wildman–Crippen MR) is 89.5 cm³/mol. The van der Waals surface area contributed by atoms with E-state index in [-0.39, 0.29) is 5.91 Å². The molecule has 2 heterocycles. The van der Waals surface area contributed by atoms with E-state index in [1.807, 2.05) is 41.4 Å². The van der Waals surface area contributed by atoms with E-state index in [4.69, 9.17) is 4.74 Å². The van der Waals surface area contributed by atoms with E-state index < -0.39 is 0 Å². The van der Waals surface area contributed by atoms with Crippen molar-refractivity contribution < 1.29 is 9.53 Å². The molecular formula is C19H22N2O2. The van der Waals surface area contributed by atoms with Crippen LogP contribution in [0.5, 0.6) is 5.75 Å². The molecule has 23 heavy (non-hydrogen) atoms. The number of carbonyl (C=O) groups excluding carboxylic acids is 1. The number of hydrogen-bond acceptors (Lipinski definition) is 3. The Bertz CT molecular complexity index is 640. The zero-order valence-corrected chi connectivity index (χ0v) is 13.4. The number of nitrogens with zero attached hydrogens (tertiary/aromatic N) is 2. The van der Waals surface area contributed by atoms with Gasteiger partial charge >= 0.3 is 0 Å². The van der Waals surface area contributed by atoms with E-state index in [0.29, 0.717) is 12.3 Å². The molecule has 1 aromatic carbocycles. The third-order valence-corrected chi connectivity index (χ3v) is 4.48. The highest BCUT2D eigenvalue weighted by molar-refractivity contribution is 5.76. The topological polar surface area (TPSA) is 42.4 Å². The molecule has 120 valence electrons. The predicted octanol–water partition coefficient (Wildman–Crippen LogP) is 3.04. The van der Waals surface area contributed by atoms with Gasteiger partial charge in [0, 0.05) is 37.8 Å². The van der Waals surface area contributed by atoms with Gasteiger partial charge in [0.05, 0.1) is 7.11 Å². The van der Waals surface area contributed by atoms with Crippen LogP contribution in [-0.4, -0.2) is 36.0 Å². The van der Waals surface area contributed by atoms with Crippen molar-refractivity contribution >= 4 is 5.91 Å². The van der Waals surface area contributed by atoms with Crippen LogP contribution in [0.1, 0.15) is 29.9 Å². The Hall–Kier alpha value is -2.36. The molecule has 1 saturated heterocycles. The highest BCUT2D eigenvalue weighted by Gasteiger charge is 2.26. The molecule has 4 nitrogen and oxygen atoms in total. The third-order valence-electron chi connectivity index (χ3n) is 4.48. The van der Waals surface area contributed by atoms with Crippen LogP contribution in [0.4, 0.5) is 0 Å². The fourth-order valence-corrected chi connectivity index (χ4v) is 3.08. The fraction of sp³-hybridized carbons (Fsp3) is 0.368. The molecular weight excluding hydrogens is 288 g/mol. The Morgan fingerprint density at radius 2 is 2.13 bits per heavy atom. The van der Waals surface area contributed by atoms with Crippen molar-refractivity contribution in [1.29, 1.82) is 0 Å². The van der Waals surface area contributed by atoms with Gasteiger partial charge < -0.3 is 9.64 Å². The molecule has 0 saturated carbocycles. The zero-order valence-electron chi connectivity index (χ0n) is 13.4. The lowest BCUT2D eigenvalue weighted by atomic mass is 10.0. The van der Waals surface area contributed by atoms with Gasteiger partial charge in [-0.3, -0.25) is 9.78 Å². The number of amides is 1. The Morgan fingerprint density at radius 1 is 1.30 bits per heavy atom. The van der Waals surface area contributed by atoms with Crippen LogP contribution in [0.15, 0.2) is 48.8 Å². The Kier molecular flexibility index (Phi) is 4.91. The summed E-state index contributed by atoms with van der Waals surface area (Å²) < 4.78 is 5.15. The van der Waals surface area contributed by atoms with E-state index in [2.05, 4.69) is 11.1 Å². The van der Waals surface area contributed by atoms with E-state index >= 15 is 0 Å². The average Bonchev–Trinajstić information content (AvgIpc) is 3.11. The first-order valence-electron chi connectivity index (χ1n) is 8.07. The summed E-state index contributed by atoms with van der Waals surface area (Å²) in [6.07, 6.45) is 6.06. The fourth-order valence-electron chi connectivity index (χ4n) is 3.08. The van der Waals surface area contributed by atoms with Crippen molar-refractivity contribution in [2.45, 2.75) is 25.2 Å². The minimum atomic E-state index is 0.243.